The molecular formula is C24H21Cl3N2O5S. The predicted octanol–water partition coefficient (Wildman–Crippen LogP) is 5.26. The maximum absolute atomic E-state index is 12.7. The zero-order chi connectivity index (χ0) is 25.6. The molecule has 35 heavy (non-hydrogen) atoms. The van der Waals surface area contributed by atoms with E-state index in [-0.39, 0.29) is 29.3 Å². The Kier molecular flexibility index (Phi) is 9.15. The van der Waals surface area contributed by atoms with Gasteiger partial charge in [0, 0.05) is 17.1 Å². The molecule has 3 N–H and O–H groups in total. The van der Waals surface area contributed by atoms with Gasteiger partial charge in [-0.1, -0.05) is 59.1 Å². The Morgan fingerprint density at radius 1 is 0.857 bits per heavy atom. The third-order valence-electron chi connectivity index (χ3n) is 5.07. The molecule has 1 atom stereocenters. The number of sulfonamides is 1. The van der Waals surface area contributed by atoms with Gasteiger partial charge in [-0.15, -0.1) is 0 Å². The number of hydrogen-bond donors (Lipinski definition) is 3. The first-order valence-electron chi connectivity index (χ1n) is 10.4. The lowest BCUT2D eigenvalue weighted by Gasteiger charge is -2.15. The van der Waals surface area contributed by atoms with Crippen molar-refractivity contribution < 1.29 is 23.1 Å². The van der Waals surface area contributed by atoms with E-state index in [4.69, 9.17) is 34.8 Å². The van der Waals surface area contributed by atoms with E-state index in [1.165, 1.54) is 30.3 Å². The average molecular weight is 556 g/mol. The highest BCUT2D eigenvalue weighted by Crippen LogP contribution is 2.24. The Bertz CT molecular complexity index is 1310. The molecule has 7 nitrogen and oxygen atoms in total. The lowest BCUT2D eigenvalue weighted by atomic mass is 10.1. The third-order valence-corrected chi connectivity index (χ3v) is 7.55. The average Bonchev–Trinajstić information content (AvgIpc) is 2.83. The van der Waals surface area contributed by atoms with Crippen LogP contribution in [0.3, 0.4) is 0 Å². The second kappa shape index (κ2) is 11.9. The third kappa shape index (κ3) is 7.43. The van der Waals surface area contributed by atoms with E-state index in [0.29, 0.717) is 15.6 Å². The summed E-state index contributed by atoms with van der Waals surface area (Å²) in [6.07, 6.45) is 0.196. The van der Waals surface area contributed by atoms with Crippen molar-refractivity contribution in [2.45, 2.75) is 23.8 Å². The molecule has 0 radical (unpaired) electrons. The van der Waals surface area contributed by atoms with Crippen LogP contribution in [0.25, 0.3) is 11.1 Å². The van der Waals surface area contributed by atoms with E-state index >= 15 is 0 Å². The van der Waals surface area contributed by atoms with Crippen molar-refractivity contribution in [3.8, 4) is 11.1 Å². The predicted molar refractivity (Wildman–Crippen MR) is 137 cm³/mol. The van der Waals surface area contributed by atoms with Gasteiger partial charge >= 0.3 is 5.97 Å². The second-order valence-electron chi connectivity index (χ2n) is 7.57. The van der Waals surface area contributed by atoms with Crippen LogP contribution in [0.5, 0.6) is 0 Å². The summed E-state index contributed by atoms with van der Waals surface area (Å²) >= 11 is 17.6. The molecule has 1 unspecified atom stereocenters. The molecule has 0 aliphatic carbocycles. The lowest BCUT2D eigenvalue weighted by Crippen LogP contribution is -2.41. The molecule has 0 saturated carbocycles. The van der Waals surface area contributed by atoms with Gasteiger partial charge < -0.3 is 10.4 Å². The van der Waals surface area contributed by atoms with Gasteiger partial charge in [-0.2, -0.15) is 4.72 Å². The number of carbonyl (C=O) groups excluding carboxylic acids is 1. The second-order valence-corrected chi connectivity index (χ2v) is 10.5. The topological polar surface area (TPSA) is 113 Å². The Labute approximate surface area is 218 Å². The molecule has 0 spiro atoms. The molecule has 3 rings (SSSR count). The molecule has 0 aliphatic rings. The first-order chi connectivity index (χ1) is 16.6. The normalized spacial score (nSPS) is 12.2. The standard InChI is InChI=1S/C24H21Cl3N2O5S/c25-18-8-3-15(4-9-18)16-5-10-19(11-6-16)35(33,34)29-22(24(31)32)2-1-13-28-23(30)17-7-12-20(26)21(27)14-17/h3-12,14,22,29H,1-2,13H2,(H,28,30)(H,31,32). The number of amides is 1. The summed E-state index contributed by atoms with van der Waals surface area (Å²) in [6.45, 7) is 0.139. The summed E-state index contributed by atoms with van der Waals surface area (Å²) < 4.78 is 27.7. The molecule has 0 aromatic heterocycles. The van der Waals surface area contributed by atoms with E-state index < -0.39 is 27.9 Å². The zero-order valence-electron chi connectivity index (χ0n) is 18.2. The fourth-order valence-electron chi connectivity index (χ4n) is 3.20. The molecular weight excluding hydrogens is 535 g/mol. The number of nitrogens with one attached hydrogen (secondary N) is 2. The molecule has 0 saturated heterocycles. The van der Waals surface area contributed by atoms with Crippen molar-refractivity contribution in [1.82, 2.24) is 10.0 Å². The number of aliphatic carboxylic acids is 1. The quantitative estimate of drug-likeness (QED) is 0.296. The van der Waals surface area contributed by atoms with E-state index in [0.717, 1.165) is 11.1 Å². The number of carboxylic acids is 1. The Hall–Kier alpha value is -2.62. The summed E-state index contributed by atoms with van der Waals surface area (Å²) in [7, 11) is -4.08. The summed E-state index contributed by atoms with van der Waals surface area (Å²) in [5, 5.41) is 13.3. The summed E-state index contributed by atoms with van der Waals surface area (Å²) in [5.74, 6) is -1.72. The number of carboxylic acid groups (broad SMARTS) is 1. The van der Waals surface area contributed by atoms with Gasteiger partial charge in [0.15, 0.2) is 0 Å². The van der Waals surface area contributed by atoms with Crippen LogP contribution in [-0.4, -0.2) is 38.0 Å². The van der Waals surface area contributed by atoms with E-state index in [1.54, 1.807) is 24.3 Å². The maximum Gasteiger partial charge on any atom is 0.321 e. The molecule has 11 heteroatoms. The number of rotatable bonds is 10. The van der Waals surface area contributed by atoms with Crippen molar-refractivity contribution in [3.63, 3.8) is 0 Å². The van der Waals surface area contributed by atoms with Gasteiger partial charge in [-0.25, -0.2) is 8.42 Å². The highest BCUT2D eigenvalue weighted by atomic mass is 35.5. The summed E-state index contributed by atoms with van der Waals surface area (Å²) in [6, 6.07) is 16.2. The summed E-state index contributed by atoms with van der Waals surface area (Å²) in [5.41, 5.74) is 1.95. The minimum atomic E-state index is -4.08. The van der Waals surface area contributed by atoms with Crippen molar-refractivity contribution in [3.05, 3.63) is 87.4 Å². The van der Waals surface area contributed by atoms with Gasteiger partial charge in [0.2, 0.25) is 10.0 Å². The van der Waals surface area contributed by atoms with Crippen molar-refractivity contribution in [2.75, 3.05) is 6.54 Å². The molecule has 0 fully saturated rings. The SMILES string of the molecule is O=C(NCCCC(NS(=O)(=O)c1ccc(-c2ccc(Cl)cc2)cc1)C(=O)O)c1ccc(Cl)c(Cl)c1. The van der Waals surface area contributed by atoms with Crippen LogP contribution < -0.4 is 10.0 Å². The minimum absolute atomic E-state index is 0.0287. The molecule has 3 aromatic rings. The molecule has 184 valence electrons. The highest BCUT2D eigenvalue weighted by molar-refractivity contribution is 7.89. The van der Waals surface area contributed by atoms with Crippen LogP contribution in [0.1, 0.15) is 23.2 Å². The minimum Gasteiger partial charge on any atom is -0.480 e. The van der Waals surface area contributed by atoms with Crippen LogP contribution in [-0.2, 0) is 14.8 Å². The van der Waals surface area contributed by atoms with Crippen LogP contribution in [0.15, 0.2) is 71.6 Å². The molecule has 3 aromatic carbocycles. The van der Waals surface area contributed by atoms with Crippen molar-refractivity contribution >= 4 is 56.7 Å². The Morgan fingerprint density at radius 2 is 1.46 bits per heavy atom. The van der Waals surface area contributed by atoms with Gasteiger partial charge in [-0.3, -0.25) is 9.59 Å². The fraction of sp³-hybridized carbons (Fsp3) is 0.167. The number of halogens is 3. The molecule has 1 amide bonds. The van der Waals surface area contributed by atoms with Gasteiger partial charge in [0.05, 0.1) is 14.9 Å². The van der Waals surface area contributed by atoms with Gasteiger partial charge in [-0.05, 0) is 66.4 Å². The zero-order valence-corrected chi connectivity index (χ0v) is 21.3. The van der Waals surface area contributed by atoms with Gasteiger partial charge in [0.1, 0.15) is 6.04 Å². The van der Waals surface area contributed by atoms with E-state index in [2.05, 4.69) is 10.0 Å². The van der Waals surface area contributed by atoms with E-state index in [1.807, 2.05) is 12.1 Å². The number of hydrogen-bond acceptors (Lipinski definition) is 4. The Balaban J connectivity index is 1.57. The molecule has 0 heterocycles. The highest BCUT2D eigenvalue weighted by Gasteiger charge is 2.25. The van der Waals surface area contributed by atoms with Gasteiger partial charge in [0.25, 0.3) is 5.91 Å². The van der Waals surface area contributed by atoms with Crippen molar-refractivity contribution in [1.29, 1.82) is 0 Å². The first-order valence-corrected chi connectivity index (χ1v) is 13.0. The van der Waals surface area contributed by atoms with Crippen LogP contribution in [0, 0.1) is 0 Å². The maximum atomic E-state index is 12.7. The van der Waals surface area contributed by atoms with Crippen LogP contribution >= 0.6 is 34.8 Å². The fourth-order valence-corrected chi connectivity index (χ4v) is 4.85. The number of benzene rings is 3. The van der Waals surface area contributed by atoms with Crippen LogP contribution in [0.4, 0.5) is 0 Å². The largest absolute Gasteiger partial charge is 0.480 e. The lowest BCUT2D eigenvalue weighted by molar-refractivity contribution is -0.139. The molecule has 0 aliphatic heterocycles. The van der Waals surface area contributed by atoms with Crippen molar-refractivity contribution in [2.24, 2.45) is 0 Å². The number of carbonyl (C=O) groups is 2. The summed E-state index contributed by atoms with van der Waals surface area (Å²) in [4.78, 5) is 23.8. The Morgan fingerprint density at radius 3 is 2.03 bits per heavy atom. The molecule has 0 bridgehead atoms. The monoisotopic (exact) mass is 554 g/mol. The van der Waals surface area contributed by atoms with Crippen LogP contribution in [0.2, 0.25) is 15.1 Å². The first kappa shape index (κ1) is 27.0. The smallest absolute Gasteiger partial charge is 0.321 e. The van der Waals surface area contributed by atoms with E-state index in [9.17, 15) is 23.1 Å².